The van der Waals surface area contributed by atoms with Crippen LogP contribution in [-0.4, -0.2) is 23.4 Å². The van der Waals surface area contributed by atoms with Crippen LogP contribution in [-0.2, 0) is 0 Å². The molecule has 0 fully saturated rings. The normalized spacial score (nSPS) is 13.5. The van der Waals surface area contributed by atoms with Crippen molar-refractivity contribution in [3.63, 3.8) is 0 Å². The zero-order valence-corrected chi connectivity index (χ0v) is 6.42. The predicted molar refractivity (Wildman–Crippen MR) is 41.5 cm³/mol. The van der Waals surface area contributed by atoms with Gasteiger partial charge in [0.05, 0.1) is 0 Å². The third kappa shape index (κ3) is 6.05. The van der Waals surface area contributed by atoms with Gasteiger partial charge in [-0.15, -0.1) is 0 Å². The first-order valence-electron chi connectivity index (χ1n) is 3.86. The molecule has 0 spiro atoms. The Balaban J connectivity index is 2.97. The third-order valence-electron chi connectivity index (χ3n) is 1.56. The van der Waals surface area contributed by atoms with E-state index in [1.165, 1.54) is 0 Å². The van der Waals surface area contributed by atoms with Gasteiger partial charge in [0.2, 0.25) is 0 Å². The molecule has 0 aliphatic rings. The summed E-state index contributed by atoms with van der Waals surface area (Å²) in [4.78, 5) is 0. The van der Waals surface area contributed by atoms with Crippen LogP contribution in [0.1, 0.15) is 25.7 Å². The van der Waals surface area contributed by atoms with Gasteiger partial charge in [-0.1, -0.05) is 19.8 Å². The Kier molecular flexibility index (Phi) is 6.98. The van der Waals surface area contributed by atoms with Crippen LogP contribution in [0.15, 0.2) is 0 Å². The average molecular weight is 145 g/mol. The fraction of sp³-hybridized carbons (Fsp3) is 0.875. The van der Waals surface area contributed by atoms with E-state index < -0.39 is 0 Å². The Hall–Kier alpha value is -0.0800. The van der Waals surface area contributed by atoms with Crippen molar-refractivity contribution in [2.24, 2.45) is 5.92 Å². The lowest BCUT2D eigenvalue weighted by Crippen LogP contribution is -1.98. The van der Waals surface area contributed by atoms with Crippen LogP contribution in [0.5, 0.6) is 0 Å². The van der Waals surface area contributed by atoms with Crippen LogP contribution in [0, 0.1) is 12.8 Å². The predicted octanol–water partition coefficient (Wildman–Crippen LogP) is 0.982. The molecule has 0 aromatic rings. The minimum Gasteiger partial charge on any atom is -0.396 e. The average Bonchev–Trinajstić information content (AvgIpc) is 1.89. The quantitative estimate of drug-likeness (QED) is 0.547. The van der Waals surface area contributed by atoms with Crippen molar-refractivity contribution >= 4 is 0 Å². The molecule has 1 atom stereocenters. The van der Waals surface area contributed by atoms with Gasteiger partial charge in [-0.05, 0) is 18.8 Å². The third-order valence-corrected chi connectivity index (χ3v) is 1.56. The van der Waals surface area contributed by atoms with E-state index in [1.807, 2.05) is 0 Å². The molecule has 2 heteroatoms. The highest BCUT2D eigenvalue weighted by Gasteiger charge is 1.99. The summed E-state index contributed by atoms with van der Waals surface area (Å²) in [6, 6.07) is 0. The monoisotopic (exact) mass is 145 g/mol. The highest BCUT2D eigenvalue weighted by atomic mass is 16.3. The highest BCUT2D eigenvalue weighted by molar-refractivity contribution is 4.60. The molecule has 1 radical (unpaired) electrons. The fourth-order valence-electron chi connectivity index (χ4n) is 0.872. The standard InChI is InChI=1S/C8H17O2/c1-8(5-7-10)4-2-3-6-9/h8-10H,1-7H2. The minimum atomic E-state index is 0.229. The summed E-state index contributed by atoms with van der Waals surface area (Å²) < 4.78 is 0. The van der Waals surface area contributed by atoms with Crippen LogP contribution in [0.2, 0.25) is 0 Å². The van der Waals surface area contributed by atoms with Gasteiger partial charge in [-0.25, -0.2) is 0 Å². The molecule has 61 valence electrons. The van der Waals surface area contributed by atoms with E-state index in [9.17, 15) is 0 Å². The number of hydrogen-bond acceptors (Lipinski definition) is 2. The van der Waals surface area contributed by atoms with Crippen molar-refractivity contribution in [1.29, 1.82) is 0 Å². The van der Waals surface area contributed by atoms with E-state index in [0.717, 1.165) is 25.7 Å². The lowest BCUT2D eigenvalue weighted by molar-refractivity contribution is 0.256. The molecule has 0 saturated heterocycles. The second kappa shape index (κ2) is 7.03. The largest absolute Gasteiger partial charge is 0.396 e. The number of unbranched alkanes of at least 4 members (excludes halogenated alkanes) is 1. The summed E-state index contributed by atoms with van der Waals surface area (Å²) in [7, 11) is 0. The summed E-state index contributed by atoms with van der Waals surface area (Å²) in [5.41, 5.74) is 0. The van der Waals surface area contributed by atoms with Gasteiger partial charge in [0.25, 0.3) is 0 Å². The molecule has 0 saturated carbocycles. The van der Waals surface area contributed by atoms with Gasteiger partial charge < -0.3 is 10.2 Å². The molecule has 1 unspecified atom stereocenters. The maximum Gasteiger partial charge on any atom is 0.0433 e. The van der Waals surface area contributed by atoms with Crippen molar-refractivity contribution in [2.75, 3.05) is 13.2 Å². The van der Waals surface area contributed by atoms with Crippen molar-refractivity contribution in [2.45, 2.75) is 25.7 Å². The molecule has 0 aliphatic carbocycles. The second-order valence-electron chi connectivity index (χ2n) is 2.60. The Morgan fingerprint density at radius 3 is 2.20 bits per heavy atom. The number of hydrogen-bond donors (Lipinski definition) is 2. The van der Waals surface area contributed by atoms with E-state index in [1.54, 1.807) is 0 Å². The molecular weight excluding hydrogens is 128 g/mol. The van der Waals surface area contributed by atoms with Crippen molar-refractivity contribution < 1.29 is 10.2 Å². The summed E-state index contributed by atoms with van der Waals surface area (Å²) in [5.74, 6) is 0.358. The molecular formula is C8H17O2. The summed E-state index contributed by atoms with van der Waals surface area (Å²) in [6.45, 7) is 4.36. The number of rotatable bonds is 6. The zero-order valence-electron chi connectivity index (χ0n) is 6.42. The van der Waals surface area contributed by atoms with Crippen LogP contribution in [0.3, 0.4) is 0 Å². The maximum absolute atomic E-state index is 8.50. The topological polar surface area (TPSA) is 40.5 Å². The van der Waals surface area contributed by atoms with Crippen molar-refractivity contribution in [1.82, 2.24) is 0 Å². The molecule has 0 rings (SSSR count). The Morgan fingerprint density at radius 1 is 1.00 bits per heavy atom. The smallest absolute Gasteiger partial charge is 0.0433 e. The van der Waals surface area contributed by atoms with E-state index in [0.29, 0.717) is 5.92 Å². The number of aliphatic hydroxyl groups excluding tert-OH is 2. The first-order chi connectivity index (χ1) is 4.81. The lowest BCUT2D eigenvalue weighted by Gasteiger charge is -2.07. The van der Waals surface area contributed by atoms with E-state index in [2.05, 4.69) is 6.92 Å². The Bertz CT molecular complexity index is 64.3. The van der Waals surface area contributed by atoms with Crippen LogP contribution >= 0.6 is 0 Å². The lowest BCUT2D eigenvalue weighted by atomic mass is 10.0. The van der Waals surface area contributed by atoms with Gasteiger partial charge in [0.1, 0.15) is 0 Å². The minimum absolute atomic E-state index is 0.229. The highest BCUT2D eigenvalue weighted by Crippen LogP contribution is 2.09. The van der Waals surface area contributed by atoms with E-state index in [-0.39, 0.29) is 13.2 Å². The van der Waals surface area contributed by atoms with Gasteiger partial charge in [0, 0.05) is 13.2 Å². The molecule has 0 heterocycles. The van der Waals surface area contributed by atoms with Gasteiger partial charge >= 0.3 is 0 Å². The van der Waals surface area contributed by atoms with Crippen molar-refractivity contribution in [3.05, 3.63) is 6.92 Å². The molecule has 0 amide bonds. The SMILES string of the molecule is [CH2]C(CCO)CCCCO. The van der Waals surface area contributed by atoms with Crippen LogP contribution in [0.25, 0.3) is 0 Å². The first kappa shape index (κ1) is 9.92. The molecule has 0 aliphatic heterocycles. The zero-order chi connectivity index (χ0) is 7.82. The Labute approximate surface area is 62.9 Å². The molecule has 0 aromatic heterocycles. The van der Waals surface area contributed by atoms with Crippen LogP contribution < -0.4 is 0 Å². The fourth-order valence-corrected chi connectivity index (χ4v) is 0.872. The Morgan fingerprint density at radius 2 is 1.70 bits per heavy atom. The molecule has 2 N–H and O–H groups in total. The number of aliphatic hydroxyl groups is 2. The second-order valence-corrected chi connectivity index (χ2v) is 2.60. The molecule has 10 heavy (non-hydrogen) atoms. The van der Waals surface area contributed by atoms with E-state index in [4.69, 9.17) is 10.2 Å². The van der Waals surface area contributed by atoms with Crippen LogP contribution in [0.4, 0.5) is 0 Å². The molecule has 0 aromatic carbocycles. The first-order valence-corrected chi connectivity index (χ1v) is 3.86. The maximum atomic E-state index is 8.50. The van der Waals surface area contributed by atoms with E-state index >= 15 is 0 Å². The summed E-state index contributed by atoms with van der Waals surface area (Å²) in [6.07, 6.45) is 3.68. The van der Waals surface area contributed by atoms with Crippen molar-refractivity contribution in [3.8, 4) is 0 Å². The molecule has 0 bridgehead atoms. The molecule has 2 nitrogen and oxygen atoms in total. The van der Waals surface area contributed by atoms with Gasteiger partial charge in [0.15, 0.2) is 0 Å². The summed E-state index contributed by atoms with van der Waals surface area (Å²) in [5, 5.41) is 16.9. The van der Waals surface area contributed by atoms with Gasteiger partial charge in [-0.3, -0.25) is 0 Å². The summed E-state index contributed by atoms with van der Waals surface area (Å²) >= 11 is 0. The van der Waals surface area contributed by atoms with Gasteiger partial charge in [-0.2, -0.15) is 0 Å².